The lowest BCUT2D eigenvalue weighted by Crippen LogP contribution is -2.68. The molecule has 9 aliphatic rings. The van der Waals surface area contributed by atoms with E-state index in [1.54, 1.807) is 0 Å². The van der Waals surface area contributed by atoms with Crippen molar-refractivity contribution < 1.29 is 104 Å². The lowest BCUT2D eigenvalue weighted by Gasteiger charge is -2.73. The number of carbonyl (C=O) groups excluding carboxylic acids is 1. The highest BCUT2D eigenvalue weighted by Crippen LogP contribution is 2.78. The van der Waals surface area contributed by atoms with Crippen LogP contribution in [0.5, 0.6) is 0 Å². The minimum absolute atomic E-state index is 0.0116. The summed E-state index contributed by atoms with van der Waals surface area (Å²) in [7, 11) is 0. The highest BCUT2D eigenvalue weighted by molar-refractivity contribution is 5.78. The van der Waals surface area contributed by atoms with E-state index in [1.165, 1.54) is 6.92 Å². The van der Waals surface area contributed by atoms with E-state index in [1.807, 2.05) is 6.92 Å². The van der Waals surface area contributed by atoms with Gasteiger partial charge in [-0.05, 0) is 129 Å². The van der Waals surface area contributed by atoms with Crippen LogP contribution in [0, 0.1) is 56.7 Å². The Hall–Kier alpha value is -1.55. The summed E-state index contributed by atoms with van der Waals surface area (Å²) in [5.74, 6) is -0.0608. The molecule has 5 saturated carbocycles. The molecule has 21 nitrogen and oxygen atoms in total. The standard InChI is InChI=1S/C53H86O21/c1-22(2)24-11-16-53(48(66)74-46-42(65)39(62)36(59)28(71-46)21-68-44-40(63)38(61)35(58)27(19-54)70-44)18-17-51(7)25(32(24)53)9-10-30-50(6)14-13-31(49(4,5)29(50)12-15-52(30,51)8)72-47-43(34(57)26(55)20-67-47)73-45-41(64)37(60)33(56)23(3)69-45/h23-47,54-65H,1,9-21H2,2-8H3/t23-,24-,25+,26-,27+,28+,29-,30+,31-,32+,33-,34-,35+,36+,37+,38-,39-,40+,41+,42+,43+,44+,45-,46-,47-,50-,51+,52+,53-/m0/s1. The minimum Gasteiger partial charge on any atom is -0.432 e. The number of carbonyl (C=O) groups is 1. The fraction of sp³-hybridized carbons (Fsp3) is 0.943. The number of allylic oxidation sites excluding steroid dienone is 1. The summed E-state index contributed by atoms with van der Waals surface area (Å²) in [6.45, 7) is 18.3. The van der Waals surface area contributed by atoms with Crippen molar-refractivity contribution in [1.82, 2.24) is 0 Å². The molecular weight excluding hydrogens is 973 g/mol. The van der Waals surface area contributed by atoms with Crippen molar-refractivity contribution in [3.05, 3.63) is 12.2 Å². The van der Waals surface area contributed by atoms with Gasteiger partial charge in [-0.2, -0.15) is 0 Å². The molecule has 21 heteroatoms. The van der Waals surface area contributed by atoms with Gasteiger partial charge in [-0.3, -0.25) is 4.79 Å². The highest BCUT2D eigenvalue weighted by Gasteiger charge is 2.73. The van der Waals surface area contributed by atoms with E-state index < -0.39 is 147 Å². The molecule has 12 N–H and O–H groups in total. The van der Waals surface area contributed by atoms with Gasteiger partial charge in [0.1, 0.15) is 85.5 Å². The van der Waals surface area contributed by atoms with Crippen molar-refractivity contribution in [2.45, 2.75) is 235 Å². The number of esters is 1. The molecule has 0 aromatic heterocycles. The molecule has 0 amide bonds. The van der Waals surface area contributed by atoms with Crippen LogP contribution >= 0.6 is 0 Å². The van der Waals surface area contributed by atoms with Gasteiger partial charge in [-0.15, -0.1) is 0 Å². The smallest absolute Gasteiger partial charge is 0.314 e. The van der Waals surface area contributed by atoms with E-state index in [2.05, 4.69) is 41.2 Å². The topological polar surface area (TPSA) is 334 Å². The SMILES string of the molecule is C=C(C)[C@@H]1CC[C@]2(C(=O)O[C@@H]3O[C@H](CO[C@@H]4O[C@H](CO)[C@@H](O)[C@H](O)[C@H]4O)[C@@H](O)[C@H](O)[C@H]3O)CC[C@]3(C)[C@H](CC[C@@H]4[C@@]5(C)CC[C@H](O[C@@H]6OC[C@H](O)[C@H](O)[C@H]6O[C@@H]6O[C@@H](C)[C@H](O)[C@@H](O)[C@H]6O)C(C)(C)[C@@H]5CC[C@]43C)[C@@H]12. The number of aliphatic hydroxyl groups is 12. The maximum atomic E-state index is 15.1. The van der Waals surface area contributed by atoms with E-state index in [-0.39, 0.29) is 52.6 Å². The van der Waals surface area contributed by atoms with Crippen molar-refractivity contribution in [3.63, 3.8) is 0 Å². The van der Waals surface area contributed by atoms with Crippen molar-refractivity contribution in [3.8, 4) is 0 Å². The van der Waals surface area contributed by atoms with Crippen molar-refractivity contribution in [2.24, 2.45) is 56.7 Å². The molecule has 4 saturated heterocycles. The van der Waals surface area contributed by atoms with Gasteiger partial charge in [-0.1, -0.05) is 46.8 Å². The van der Waals surface area contributed by atoms with E-state index in [9.17, 15) is 61.3 Å². The van der Waals surface area contributed by atoms with Gasteiger partial charge >= 0.3 is 5.97 Å². The monoisotopic (exact) mass is 1060 g/mol. The largest absolute Gasteiger partial charge is 0.432 e. The van der Waals surface area contributed by atoms with E-state index in [0.717, 1.165) is 44.1 Å². The van der Waals surface area contributed by atoms with Crippen LogP contribution in [0.25, 0.3) is 0 Å². The van der Waals surface area contributed by atoms with Gasteiger partial charge in [0.05, 0.1) is 37.4 Å². The zero-order valence-electron chi connectivity index (χ0n) is 43.9. The number of hydrogen-bond acceptors (Lipinski definition) is 21. The summed E-state index contributed by atoms with van der Waals surface area (Å²) in [6, 6.07) is 0. The second-order valence-electron chi connectivity index (χ2n) is 25.3. The molecular formula is C53H86O21. The average Bonchev–Trinajstić information content (AvgIpc) is 3.76. The number of hydrogen-bond donors (Lipinski definition) is 12. The molecule has 0 spiro atoms. The molecule has 0 aromatic rings. The number of aliphatic hydroxyl groups excluding tert-OH is 12. The molecule has 0 bridgehead atoms. The molecule has 424 valence electrons. The second-order valence-corrected chi connectivity index (χ2v) is 25.3. The molecule has 4 heterocycles. The van der Waals surface area contributed by atoms with Gasteiger partial charge in [0.2, 0.25) is 6.29 Å². The van der Waals surface area contributed by atoms with Crippen LogP contribution in [0.3, 0.4) is 0 Å². The summed E-state index contributed by atoms with van der Waals surface area (Å²) in [5, 5.41) is 127. The van der Waals surface area contributed by atoms with Gasteiger partial charge in [0.15, 0.2) is 18.9 Å². The van der Waals surface area contributed by atoms with Crippen LogP contribution in [-0.2, 0) is 42.7 Å². The first kappa shape index (κ1) is 57.1. The second kappa shape index (κ2) is 20.8. The van der Waals surface area contributed by atoms with Gasteiger partial charge in [0.25, 0.3) is 0 Å². The summed E-state index contributed by atoms with van der Waals surface area (Å²) in [6.07, 6.45) is -21.2. The van der Waals surface area contributed by atoms with Crippen LogP contribution in [0.4, 0.5) is 0 Å². The summed E-state index contributed by atoms with van der Waals surface area (Å²) in [4.78, 5) is 15.1. The first-order valence-electron chi connectivity index (χ1n) is 27.1. The van der Waals surface area contributed by atoms with Crippen molar-refractivity contribution in [2.75, 3.05) is 19.8 Å². The molecule has 29 atom stereocenters. The molecule has 5 aliphatic carbocycles. The predicted molar refractivity (Wildman–Crippen MR) is 255 cm³/mol. The minimum atomic E-state index is -1.82. The molecule has 4 aliphatic heterocycles. The fourth-order valence-corrected chi connectivity index (χ4v) is 17.0. The highest BCUT2D eigenvalue weighted by atomic mass is 16.8. The summed E-state index contributed by atoms with van der Waals surface area (Å²) < 4.78 is 47.8. The van der Waals surface area contributed by atoms with E-state index >= 15 is 4.79 Å². The Morgan fingerprint density at radius 1 is 0.608 bits per heavy atom. The van der Waals surface area contributed by atoms with Gasteiger partial charge in [-0.25, -0.2) is 0 Å². The zero-order valence-corrected chi connectivity index (χ0v) is 43.9. The Kier molecular flexibility index (Phi) is 16.1. The quantitative estimate of drug-likeness (QED) is 0.0704. The predicted octanol–water partition coefficient (Wildman–Crippen LogP) is -0.513. The third-order valence-corrected chi connectivity index (χ3v) is 21.4. The maximum Gasteiger partial charge on any atom is 0.314 e. The van der Waals surface area contributed by atoms with Crippen LogP contribution in [-0.4, -0.2) is 210 Å². The third-order valence-electron chi connectivity index (χ3n) is 21.4. The third kappa shape index (κ3) is 9.08. The molecule has 0 radical (unpaired) electrons. The number of ether oxygens (including phenoxy) is 8. The molecule has 9 rings (SSSR count). The molecule has 74 heavy (non-hydrogen) atoms. The lowest BCUT2D eigenvalue weighted by molar-refractivity contribution is -0.365. The number of rotatable bonds is 11. The molecule has 0 aromatic carbocycles. The zero-order chi connectivity index (χ0) is 53.9. The Labute approximate surface area is 433 Å². The summed E-state index contributed by atoms with van der Waals surface area (Å²) >= 11 is 0. The van der Waals surface area contributed by atoms with Gasteiger partial charge < -0.3 is 99.2 Å². The number of fused-ring (bicyclic) bond motifs is 7. The first-order valence-corrected chi connectivity index (χ1v) is 27.1. The molecule has 9 fully saturated rings. The van der Waals surface area contributed by atoms with Crippen molar-refractivity contribution in [1.29, 1.82) is 0 Å². The van der Waals surface area contributed by atoms with Gasteiger partial charge in [0, 0.05) is 0 Å². The summed E-state index contributed by atoms with van der Waals surface area (Å²) in [5.41, 5.74) is -0.835. The normalized spacial score (nSPS) is 55.3. The van der Waals surface area contributed by atoms with Crippen LogP contribution in [0.15, 0.2) is 12.2 Å². The Morgan fingerprint density at radius 2 is 1.24 bits per heavy atom. The molecule has 0 unspecified atom stereocenters. The van der Waals surface area contributed by atoms with Crippen LogP contribution in [0.2, 0.25) is 0 Å². The Balaban J connectivity index is 0.905. The van der Waals surface area contributed by atoms with E-state index in [0.29, 0.717) is 31.6 Å². The van der Waals surface area contributed by atoms with Crippen molar-refractivity contribution >= 4 is 5.97 Å². The lowest BCUT2D eigenvalue weighted by atomic mass is 9.32. The average molecular weight is 1060 g/mol. The first-order chi connectivity index (χ1) is 34.7. The van der Waals surface area contributed by atoms with E-state index in [4.69, 9.17) is 37.9 Å². The van der Waals surface area contributed by atoms with Crippen LogP contribution < -0.4 is 0 Å². The Morgan fingerprint density at radius 3 is 1.92 bits per heavy atom. The Bertz CT molecular complexity index is 2010. The maximum absolute atomic E-state index is 15.1. The fourth-order valence-electron chi connectivity index (χ4n) is 17.0. The van der Waals surface area contributed by atoms with Crippen LogP contribution in [0.1, 0.15) is 113 Å².